The monoisotopic (exact) mass is 210 g/mol. The molecule has 0 aromatic carbocycles. The van der Waals surface area contributed by atoms with Crippen LogP contribution in [0.1, 0.15) is 33.6 Å². The summed E-state index contributed by atoms with van der Waals surface area (Å²) in [6.45, 7) is 8.05. The van der Waals surface area contributed by atoms with Gasteiger partial charge in [-0.05, 0) is 19.3 Å². The summed E-state index contributed by atoms with van der Waals surface area (Å²) in [5.41, 5.74) is 0. The van der Waals surface area contributed by atoms with E-state index in [1.807, 2.05) is 6.92 Å². The quantitative estimate of drug-likeness (QED) is 0.489. The molecule has 0 aliphatic heterocycles. The highest BCUT2D eigenvalue weighted by Crippen LogP contribution is 1.95. The van der Waals surface area contributed by atoms with Crippen LogP contribution < -0.4 is 10.6 Å². The minimum absolute atomic E-state index is 0.0695. The van der Waals surface area contributed by atoms with Gasteiger partial charge in [-0.15, -0.1) is 11.8 Å². The van der Waals surface area contributed by atoms with E-state index in [1.54, 1.807) is 0 Å². The first-order valence-corrected chi connectivity index (χ1v) is 5.53. The van der Waals surface area contributed by atoms with E-state index in [0.29, 0.717) is 12.5 Å². The van der Waals surface area contributed by atoms with Gasteiger partial charge in [0.2, 0.25) is 5.91 Å². The van der Waals surface area contributed by atoms with Crippen LogP contribution in [-0.2, 0) is 4.79 Å². The number of hydrogen-bond acceptors (Lipinski definition) is 2. The van der Waals surface area contributed by atoms with Crippen LogP contribution >= 0.6 is 0 Å². The predicted octanol–water partition coefficient (Wildman–Crippen LogP) is 1.15. The van der Waals surface area contributed by atoms with Crippen molar-refractivity contribution in [1.29, 1.82) is 0 Å². The molecule has 2 N–H and O–H groups in total. The number of carbonyl (C=O) groups is 1. The van der Waals surface area contributed by atoms with Crippen LogP contribution in [-0.4, -0.2) is 25.5 Å². The van der Waals surface area contributed by atoms with E-state index < -0.39 is 0 Å². The lowest BCUT2D eigenvalue weighted by molar-refractivity contribution is -0.120. The average Bonchev–Trinajstić information content (AvgIpc) is 2.17. The molecule has 3 heteroatoms. The first-order chi connectivity index (χ1) is 7.16. The van der Waals surface area contributed by atoms with Gasteiger partial charge in [-0.3, -0.25) is 4.79 Å². The Bertz CT molecular complexity index is 226. The third-order valence-corrected chi connectivity index (χ3v) is 1.93. The van der Waals surface area contributed by atoms with Gasteiger partial charge in [-0.2, -0.15) is 0 Å². The number of amides is 1. The summed E-state index contributed by atoms with van der Waals surface area (Å²) in [7, 11) is 0. The zero-order chi connectivity index (χ0) is 11.5. The Morgan fingerprint density at radius 1 is 1.33 bits per heavy atom. The molecule has 0 saturated heterocycles. The lowest BCUT2D eigenvalue weighted by Crippen LogP contribution is -2.35. The standard InChI is InChI=1S/C12H22N2O/c1-4-5-6-8-13-10-12(15)14-9-7-11(2)3/h11,13H,6-10H2,1-3H3,(H,14,15). The third-order valence-electron chi connectivity index (χ3n) is 1.93. The highest BCUT2D eigenvalue weighted by Gasteiger charge is 1.99. The highest BCUT2D eigenvalue weighted by molar-refractivity contribution is 5.77. The van der Waals surface area contributed by atoms with Gasteiger partial charge < -0.3 is 10.6 Å². The van der Waals surface area contributed by atoms with E-state index in [-0.39, 0.29) is 5.91 Å². The summed E-state index contributed by atoms with van der Waals surface area (Å²) in [4.78, 5) is 11.2. The molecule has 0 aliphatic rings. The van der Waals surface area contributed by atoms with Crippen LogP contribution in [0.25, 0.3) is 0 Å². The Labute approximate surface area is 93.0 Å². The van der Waals surface area contributed by atoms with Gasteiger partial charge in [0, 0.05) is 19.5 Å². The molecule has 0 spiro atoms. The van der Waals surface area contributed by atoms with E-state index in [2.05, 4.69) is 36.3 Å². The number of hydrogen-bond donors (Lipinski definition) is 2. The van der Waals surface area contributed by atoms with Crippen molar-refractivity contribution >= 4 is 5.91 Å². The Morgan fingerprint density at radius 2 is 2.07 bits per heavy atom. The molecule has 0 unspecified atom stereocenters. The molecule has 0 bridgehead atoms. The van der Waals surface area contributed by atoms with Crippen LogP contribution in [0.4, 0.5) is 0 Å². The van der Waals surface area contributed by atoms with Crippen LogP contribution in [0.2, 0.25) is 0 Å². The molecule has 86 valence electrons. The van der Waals surface area contributed by atoms with Crippen molar-refractivity contribution < 1.29 is 4.79 Å². The van der Waals surface area contributed by atoms with E-state index in [4.69, 9.17) is 0 Å². The Morgan fingerprint density at radius 3 is 2.67 bits per heavy atom. The summed E-state index contributed by atoms with van der Waals surface area (Å²) in [5, 5.41) is 5.91. The summed E-state index contributed by atoms with van der Waals surface area (Å²) >= 11 is 0. The van der Waals surface area contributed by atoms with Crippen molar-refractivity contribution in [2.24, 2.45) is 5.92 Å². The van der Waals surface area contributed by atoms with Crippen molar-refractivity contribution in [3.8, 4) is 11.8 Å². The van der Waals surface area contributed by atoms with Crippen molar-refractivity contribution in [2.75, 3.05) is 19.6 Å². The van der Waals surface area contributed by atoms with Gasteiger partial charge in [0.05, 0.1) is 6.54 Å². The topological polar surface area (TPSA) is 41.1 Å². The Kier molecular flexibility index (Phi) is 8.90. The molecule has 0 atom stereocenters. The van der Waals surface area contributed by atoms with E-state index in [0.717, 1.165) is 25.9 Å². The Balaban J connectivity index is 3.28. The van der Waals surface area contributed by atoms with Gasteiger partial charge in [0.15, 0.2) is 0 Å². The first-order valence-electron chi connectivity index (χ1n) is 5.53. The van der Waals surface area contributed by atoms with E-state index in [1.165, 1.54) is 0 Å². The summed E-state index contributed by atoms with van der Waals surface area (Å²) in [6.07, 6.45) is 1.84. The normalized spacial score (nSPS) is 9.60. The molecule has 15 heavy (non-hydrogen) atoms. The Hall–Kier alpha value is -1.01. The smallest absolute Gasteiger partial charge is 0.233 e. The zero-order valence-corrected chi connectivity index (χ0v) is 10.0. The lowest BCUT2D eigenvalue weighted by Gasteiger charge is -2.07. The number of nitrogens with one attached hydrogen (secondary N) is 2. The van der Waals surface area contributed by atoms with Crippen molar-refractivity contribution in [2.45, 2.75) is 33.6 Å². The molecule has 0 aromatic rings. The molecule has 1 amide bonds. The lowest BCUT2D eigenvalue weighted by atomic mass is 10.1. The minimum atomic E-state index is 0.0695. The summed E-state index contributed by atoms with van der Waals surface area (Å²) < 4.78 is 0. The van der Waals surface area contributed by atoms with Gasteiger partial charge in [0.25, 0.3) is 0 Å². The fourth-order valence-electron chi connectivity index (χ4n) is 1.04. The SMILES string of the molecule is CC#CCCNCC(=O)NCCC(C)C. The molecule has 0 aliphatic carbocycles. The van der Waals surface area contributed by atoms with Crippen molar-refractivity contribution in [1.82, 2.24) is 10.6 Å². The van der Waals surface area contributed by atoms with Crippen LogP contribution in [0.15, 0.2) is 0 Å². The second-order valence-corrected chi connectivity index (χ2v) is 3.89. The molecule has 0 radical (unpaired) electrons. The number of rotatable bonds is 7. The zero-order valence-electron chi connectivity index (χ0n) is 10.0. The predicted molar refractivity (Wildman–Crippen MR) is 63.4 cm³/mol. The van der Waals surface area contributed by atoms with Gasteiger partial charge in [0.1, 0.15) is 0 Å². The maximum absolute atomic E-state index is 11.2. The second-order valence-electron chi connectivity index (χ2n) is 3.89. The second kappa shape index (κ2) is 9.54. The minimum Gasteiger partial charge on any atom is -0.355 e. The molecule has 0 saturated carbocycles. The fourth-order valence-corrected chi connectivity index (χ4v) is 1.04. The van der Waals surface area contributed by atoms with E-state index in [9.17, 15) is 4.79 Å². The van der Waals surface area contributed by atoms with Crippen LogP contribution in [0.3, 0.4) is 0 Å². The third kappa shape index (κ3) is 10.9. The maximum atomic E-state index is 11.2. The van der Waals surface area contributed by atoms with Gasteiger partial charge in [-0.1, -0.05) is 13.8 Å². The molecular weight excluding hydrogens is 188 g/mol. The van der Waals surface area contributed by atoms with Gasteiger partial charge in [-0.25, -0.2) is 0 Å². The van der Waals surface area contributed by atoms with Crippen LogP contribution in [0, 0.1) is 17.8 Å². The summed E-state index contributed by atoms with van der Waals surface area (Å²) in [6, 6.07) is 0. The molecule has 0 heterocycles. The molecule has 0 fully saturated rings. The molecule has 0 aromatic heterocycles. The van der Waals surface area contributed by atoms with Crippen molar-refractivity contribution in [3.63, 3.8) is 0 Å². The van der Waals surface area contributed by atoms with Crippen LogP contribution in [0.5, 0.6) is 0 Å². The number of carbonyl (C=O) groups excluding carboxylic acids is 1. The average molecular weight is 210 g/mol. The maximum Gasteiger partial charge on any atom is 0.233 e. The fraction of sp³-hybridized carbons (Fsp3) is 0.750. The molecule has 3 nitrogen and oxygen atoms in total. The highest BCUT2D eigenvalue weighted by atomic mass is 16.1. The largest absolute Gasteiger partial charge is 0.355 e. The summed E-state index contributed by atoms with van der Waals surface area (Å²) in [5.74, 6) is 6.45. The van der Waals surface area contributed by atoms with Gasteiger partial charge >= 0.3 is 0 Å². The van der Waals surface area contributed by atoms with Crippen molar-refractivity contribution in [3.05, 3.63) is 0 Å². The first kappa shape index (κ1) is 14.0. The molecular formula is C12H22N2O. The van der Waals surface area contributed by atoms with E-state index >= 15 is 0 Å². The molecule has 0 rings (SSSR count).